The highest BCUT2D eigenvalue weighted by Crippen LogP contribution is 2.34. The Kier molecular flexibility index (Phi) is 11.0. The van der Waals surface area contributed by atoms with Gasteiger partial charge < -0.3 is 5.32 Å². The van der Waals surface area contributed by atoms with Crippen molar-refractivity contribution in [3.63, 3.8) is 0 Å². The summed E-state index contributed by atoms with van der Waals surface area (Å²) in [4.78, 5) is 66.3. The molecule has 2 aromatic carbocycles. The summed E-state index contributed by atoms with van der Waals surface area (Å²) >= 11 is 0. The Morgan fingerprint density at radius 3 is 1.98 bits per heavy atom. The Balaban J connectivity index is 1.41. The molecule has 4 rings (SSSR count). The average Bonchev–Trinajstić information content (AvgIpc) is 3.42. The number of fused-ring (bicyclic) bond motifs is 1. The highest BCUT2D eigenvalue weighted by molar-refractivity contribution is 6.38. The normalized spacial score (nSPS) is 17.7. The maximum atomic E-state index is 13.7. The third-order valence-corrected chi connectivity index (χ3v) is 9.37. The van der Waals surface area contributed by atoms with E-state index in [9.17, 15) is 24.0 Å². The van der Waals surface area contributed by atoms with E-state index in [1.54, 1.807) is 31.2 Å². The van der Waals surface area contributed by atoms with Crippen LogP contribution in [0.15, 0.2) is 54.6 Å². The van der Waals surface area contributed by atoms with Gasteiger partial charge in [0.25, 0.3) is 0 Å². The molecule has 0 unspecified atom stereocenters. The smallest absolute Gasteiger partial charge is 0.224 e. The molecule has 0 aliphatic heterocycles. The molecular formula is C36H45NO5. The fourth-order valence-corrected chi connectivity index (χ4v) is 6.68. The van der Waals surface area contributed by atoms with Gasteiger partial charge in [-0.3, -0.25) is 24.0 Å². The minimum Gasteiger partial charge on any atom is -0.346 e. The second kappa shape index (κ2) is 14.7. The number of hydrogen-bond donors (Lipinski definition) is 1. The second-order valence-electron chi connectivity index (χ2n) is 12.8. The van der Waals surface area contributed by atoms with Crippen molar-refractivity contribution in [2.24, 2.45) is 29.6 Å². The molecule has 1 fully saturated rings. The van der Waals surface area contributed by atoms with Crippen LogP contribution in [0.4, 0.5) is 0 Å². The Morgan fingerprint density at radius 1 is 0.786 bits per heavy atom. The van der Waals surface area contributed by atoms with E-state index in [1.165, 1.54) is 17.5 Å². The molecule has 2 aliphatic rings. The van der Waals surface area contributed by atoms with Crippen LogP contribution in [0, 0.1) is 29.6 Å². The molecule has 0 aromatic heterocycles. The lowest BCUT2D eigenvalue weighted by Gasteiger charge is -2.26. The van der Waals surface area contributed by atoms with Crippen LogP contribution in [0.25, 0.3) is 0 Å². The molecule has 1 saturated carbocycles. The lowest BCUT2D eigenvalue weighted by molar-refractivity contribution is -0.142. The quantitative estimate of drug-likeness (QED) is 0.217. The van der Waals surface area contributed by atoms with Gasteiger partial charge in [0.15, 0.2) is 17.3 Å². The molecule has 0 bridgehead atoms. The maximum Gasteiger partial charge on any atom is 0.224 e. The largest absolute Gasteiger partial charge is 0.346 e. The number of amides is 1. The van der Waals surface area contributed by atoms with Crippen LogP contribution in [-0.2, 0) is 32.0 Å². The van der Waals surface area contributed by atoms with Crippen molar-refractivity contribution in [3.8, 4) is 0 Å². The van der Waals surface area contributed by atoms with Gasteiger partial charge in [0.2, 0.25) is 11.7 Å². The van der Waals surface area contributed by atoms with Crippen LogP contribution in [0.3, 0.4) is 0 Å². The van der Waals surface area contributed by atoms with Gasteiger partial charge in [0, 0.05) is 36.7 Å². The topological polar surface area (TPSA) is 97.4 Å². The zero-order valence-electron chi connectivity index (χ0n) is 25.3. The van der Waals surface area contributed by atoms with Crippen molar-refractivity contribution in [2.75, 3.05) is 0 Å². The summed E-state index contributed by atoms with van der Waals surface area (Å²) < 4.78 is 0. The van der Waals surface area contributed by atoms with Crippen LogP contribution in [0.1, 0.15) is 93.6 Å². The van der Waals surface area contributed by atoms with Gasteiger partial charge in [-0.25, -0.2) is 0 Å². The highest BCUT2D eigenvalue weighted by atomic mass is 16.2. The van der Waals surface area contributed by atoms with Crippen molar-refractivity contribution < 1.29 is 24.0 Å². The molecule has 0 radical (unpaired) electrons. The molecule has 6 nitrogen and oxygen atoms in total. The van der Waals surface area contributed by atoms with E-state index in [0.717, 1.165) is 25.7 Å². The second-order valence-corrected chi connectivity index (χ2v) is 12.8. The van der Waals surface area contributed by atoms with Gasteiger partial charge in [0.05, 0.1) is 6.04 Å². The molecule has 2 aromatic rings. The first kappa shape index (κ1) is 31.5. The van der Waals surface area contributed by atoms with Crippen molar-refractivity contribution in [1.29, 1.82) is 0 Å². The molecule has 0 heterocycles. The Hall–Kier alpha value is -3.41. The van der Waals surface area contributed by atoms with Crippen molar-refractivity contribution in [2.45, 2.75) is 91.0 Å². The molecule has 0 spiro atoms. The summed E-state index contributed by atoms with van der Waals surface area (Å²) in [5.41, 5.74) is 2.94. The Labute approximate surface area is 250 Å². The SMILES string of the molecule is CC(C)[C@H](CC(=O)[C@H](C)NC(=O)[C@H](CC(=O)c1ccccc1)C1Cc2ccccc2C1)C(=O)C(=O)CC1CCCCC1. The summed E-state index contributed by atoms with van der Waals surface area (Å²) in [6, 6.07) is 16.2. The summed E-state index contributed by atoms with van der Waals surface area (Å²) in [5.74, 6) is -2.80. The van der Waals surface area contributed by atoms with Crippen LogP contribution in [-0.4, -0.2) is 35.1 Å². The third kappa shape index (κ3) is 8.11. The van der Waals surface area contributed by atoms with E-state index in [0.29, 0.717) is 18.4 Å². The number of rotatable bonds is 14. The van der Waals surface area contributed by atoms with E-state index in [4.69, 9.17) is 0 Å². The van der Waals surface area contributed by atoms with Gasteiger partial charge >= 0.3 is 0 Å². The van der Waals surface area contributed by atoms with Crippen LogP contribution in [0.5, 0.6) is 0 Å². The first-order valence-electron chi connectivity index (χ1n) is 15.7. The maximum absolute atomic E-state index is 13.7. The van der Waals surface area contributed by atoms with E-state index < -0.39 is 23.7 Å². The first-order valence-corrected chi connectivity index (χ1v) is 15.7. The number of benzene rings is 2. The fraction of sp³-hybridized carbons (Fsp3) is 0.528. The zero-order chi connectivity index (χ0) is 30.2. The molecule has 224 valence electrons. The lowest BCUT2D eigenvalue weighted by atomic mass is 9.80. The predicted octanol–water partition coefficient (Wildman–Crippen LogP) is 6.14. The molecule has 1 amide bonds. The molecule has 2 aliphatic carbocycles. The molecule has 0 saturated heterocycles. The highest BCUT2D eigenvalue weighted by Gasteiger charge is 2.37. The number of Topliss-reactive ketones (excluding diaryl/α,β-unsaturated/α-hetero) is 4. The number of carbonyl (C=O) groups excluding carboxylic acids is 5. The van der Waals surface area contributed by atoms with Gasteiger partial charge in [-0.15, -0.1) is 0 Å². The van der Waals surface area contributed by atoms with E-state index in [-0.39, 0.29) is 60.3 Å². The lowest BCUT2D eigenvalue weighted by Crippen LogP contribution is -2.45. The van der Waals surface area contributed by atoms with Gasteiger partial charge in [-0.1, -0.05) is 101 Å². The number of ketones is 4. The van der Waals surface area contributed by atoms with E-state index in [1.807, 2.05) is 32.0 Å². The van der Waals surface area contributed by atoms with Crippen molar-refractivity contribution in [3.05, 3.63) is 71.3 Å². The summed E-state index contributed by atoms with van der Waals surface area (Å²) in [5, 5.41) is 2.88. The minimum absolute atomic E-state index is 0.0538. The van der Waals surface area contributed by atoms with Crippen LogP contribution < -0.4 is 5.32 Å². The summed E-state index contributed by atoms with van der Waals surface area (Å²) in [6.45, 7) is 5.34. The van der Waals surface area contributed by atoms with Crippen molar-refractivity contribution >= 4 is 29.0 Å². The number of nitrogens with one attached hydrogen (secondary N) is 1. The number of carbonyl (C=O) groups is 5. The molecule has 42 heavy (non-hydrogen) atoms. The number of hydrogen-bond acceptors (Lipinski definition) is 5. The summed E-state index contributed by atoms with van der Waals surface area (Å²) in [7, 11) is 0. The predicted molar refractivity (Wildman–Crippen MR) is 163 cm³/mol. The summed E-state index contributed by atoms with van der Waals surface area (Å²) in [6.07, 6.45) is 6.97. The zero-order valence-corrected chi connectivity index (χ0v) is 25.3. The third-order valence-electron chi connectivity index (χ3n) is 9.37. The Bertz CT molecular complexity index is 1250. The minimum atomic E-state index is -0.835. The first-order chi connectivity index (χ1) is 20.1. The van der Waals surface area contributed by atoms with Gasteiger partial charge in [-0.05, 0) is 48.6 Å². The average molecular weight is 572 g/mol. The van der Waals surface area contributed by atoms with Gasteiger partial charge in [0.1, 0.15) is 0 Å². The van der Waals surface area contributed by atoms with E-state index >= 15 is 0 Å². The molecule has 1 N–H and O–H groups in total. The van der Waals surface area contributed by atoms with Crippen molar-refractivity contribution in [1.82, 2.24) is 5.32 Å². The van der Waals surface area contributed by atoms with Gasteiger partial charge in [-0.2, -0.15) is 0 Å². The molecule has 3 atom stereocenters. The van der Waals surface area contributed by atoms with Crippen LogP contribution >= 0.6 is 0 Å². The van der Waals surface area contributed by atoms with Crippen LogP contribution in [0.2, 0.25) is 0 Å². The molecule has 6 heteroatoms. The standard InChI is InChI=1S/C36H45NO5/c1-23(2)30(35(41)34(40)18-25-12-6-4-7-13-25)21-32(38)24(3)37-36(42)31(22-33(39)26-14-8-5-9-15-26)29-19-27-16-10-11-17-28(27)20-29/h5,8-11,14-17,23-25,29-31H,4,6-7,12-13,18-22H2,1-3H3,(H,37,42)/t24-,30-,31+/m0/s1. The van der Waals surface area contributed by atoms with E-state index in [2.05, 4.69) is 17.4 Å². The monoisotopic (exact) mass is 571 g/mol. The fourth-order valence-electron chi connectivity index (χ4n) is 6.68. The molecular weight excluding hydrogens is 526 g/mol. The Morgan fingerprint density at radius 2 is 1.38 bits per heavy atom.